The smallest absolute Gasteiger partial charge is 0.323 e. The lowest BCUT2D eigenvalue weighted by Gasteiger charge is -2.24. The van der Waals surface area contributed by atoms with Gasteiger partial charge >= 0.3 is 6.03 Å². The summed E-state index contributed by atoms with van der Waals surface area (Å²) in [4.78, 5) is 24.9. The van der Waals surface area contributed by atoms with Crippen LogP contribution in [-0.4, -0.2) is 28.4 Å². The van der Waals surface area contributed by atoms with Crippen LogP contribution in [-0.2, 0) is 4.79 Å². The van der Waals surface area contributed by atoms with E-state index < -0.39 is 5.54 Å². The molecule has 0 radical (unpaired) electrons. The van der Waals surface area contributed by atoms with Gasteiger partial charge in [-0.1, -0.05) is 13.8 Å². The van der Waals surface area contributed by atoms with Gasteiger partial charge in [-0.15, -0.1) is 0 Å². The topological polar surface area (TPSA) is 49.4 Å². The van der Waals surface area contributed by atoms with Crippen molar-refractivity contribution in [3.05, 3.63) is 0 Å². The molecule has 0 atom stereocenters. The van der Waals surface area contributed by atoms with Crippen LogP contribution in [0.1, 0.15) is 40.5 Å². The predicted octanol–water partition coefficient (Wildman–Crippen LogP) is 1.51. The number of imide groups is 1. The number of rotatable bonds is 3. The van der Waals surface area contributed by atoms with Crippen molar-refractivity contribution in [2.75, 3.05) is 0 Å². The Morgan fingerprint density at radius 1 is 1.29 bits per heavy atom. The lowest BCUT2D eigenvalue weighted by molar-refractivity contribution is -0.132. The summed E-state index contributed by atoms with van der Waals surface area (Å²) in [6, 6.07) is -0.323. The minimum Gasteiger partial charge on any atom is -0.323 e. The molecule has 14 heavy (non-hydrogen) atoms. The zero-order chi connectivity index (χ0) is 10.9. The lowest BCUT2D eigenvalue weighted by Crippen LogP contribution is -2.46. The molecule has 0 spiro atoms. The molecule has 1 N–H and O–H groups in total. The molecule has 4 nitrogen and oxygen atoms in total. The van der Waals surface area contributed by atoms with Crippen molar-refractivity contribution in [2.24, 2.45) is 0 Å². The SMILES string of the molecule is CCC1(CC)NC(=O)N(C(C)C)C1=O. The molecule has 1 heterocycles. The minimum atomic E-state index is -0.651. The second kappa shape index (κ2) is 3.59. The second-order valence-corrected chi connectivity index (χ2v) is 3.99. The molecule has 0 aromatic heterocycles. The van der Waals surface area contributed by atoms with Gasteiger partial charge in [0.15, 0.2) is 0 Å². The minimum absolute atomic E-state index is 0.0672. The van der Waals surface area contributed by atoms with Gasteiger partial charge in [0.1, 0.15) is 5.54 Å². The molecule has 1 aliphatic heterocycles. The van der Waals surface area contributed by atoms with Crippen molar-refractivity contribution in [3.63, 3.8) is 0 Å². The number of nitrogens with one attached hydrogen (secondary N) is 1. The number of carbonyl (C=O) groups is 2. The molecule has 0 saturated carbocycles. The number of urea groups is 1. The van der Waals surface area contributed by atoms with Gasteiger partial charge in [-0.3, -0.25) is 9.69 Å². The largest absolute Gasteiger partial charge is 0.325 e. The monoisotopic (exact) mass is 198 g/mol. The van der Waals surface area contributed by atoms with E-state index in [2.05, 4.69) is 5.32 Å². The van der Waals surface area contributed by atoms with Crippen LogP contribution in [0.2, 0.25) is 0 Å². The highest BCUT2D eigenvalue weighted by molar-refractivity contribution is 6.07. The van der Waals surface area contributed by atoms with Crippen LogP contribution in [0.15, 0.2) is 0 Å². The summed E-state index contributed by atoms with van der Waals surface area (Å²) in [5.41, 5.74) is -0.651. The van der Waals surface area contributed by atoms with Gasteiger partial charge < -0.3 is 5.32 Å². The maximum atomic E-state index is 12.0. The highest BCUT2D eigenvalue weighted by Crippen LogP contribution is 2.25. The van der Waals surface area contributed by atoms with E-state index >= 15 is 0 Å². The Balaban J connectivity index is 2.99. The fourth-order valence-corrected chi connectivity index (χ4v) is 1.84. The maximum absolute atomic E-state index is 12.0. The third-order valence-corrected chi connectivity index (χ3v) is 2.92. The van der Waals surface area contributed by atoms with E-state index in [1.165, 1.54) is 4.90 Å². The molecule has 4 heteroatoms. The van der Waals surface area contributed by atoms with Crippen molar-refractivity contribution >= 4 is 11.9 Å². The van der Waals surface area contributed by atoms with E-state index in [0.29, 0.717) is 12.8 Å². The second-order valence-electron chi connectivity index (χ2n) is 3.99. The number of carbonyl (C=O) groups excluding carboxylic acids is 2. The first-order valence-electron chi connectivity index (χ1n) is 5.14. The third kappa shape index (κ3) is 1.38. The molecule has 1 saturated heterocycles. The van der Waals surface area contributed by atoms with Crippen LogP contribution < -0.4 is 5.32 Å². The first-order valence-corrected chi connectivity index (χ1v) is 5.14. The molecule has 0 aromatic carbocycles. The van der Waals surface area contributed by atoms with Crippen LogP contribution in [0.25, 0.3) is 0 Å². The Morgan fingerprint density at radius 2 is 1.79 bits per heavy atom. The van der Waals surface area contributed by atoms with Gasteiger partial charge in [-0.05, 0) is 26.7 Å². The lowest BCUT2D eigenvalue weighted by atomic mass is 9.93. The molecule has 0 unspecified atom stereocenters. The molecular weight excluding hydrogens is 180 g/mol. The van der Waals surface area contributed by atoms with Crippen molar-refractivity contribution in [3.8, 4) is 0 Å². The van der Waals surface area contributed by atoms with Crippen molar-refractivity contribution in [1.82, 2.24) is 10.2 Å². The van der Waals surface area contributed by atoms with Gasteiger partial charge in [0.2, 0.25) is 0 Å². The summed E-state index contributed by atoms with van der Waals surface area (Å²) in [6.45, 7) is 7.54. The zero-order valence-electron chi connectivity index (χ0n) is 9.26. The zero-order valence-corrected chi connectivity index (χ0v) is 9.26. The summed E-state index contributed by atoms with van der Waals surface area (Å²) >= 11 is 0. The van der Waals surface area contributed by atoms with Gasteiger partial charge in [0.25, 0.3) is 5.91 Å². The standard InChI is InChI=1S/C10H18N2O2/c1-5-10(6-2)8(13)12(7(3)4)9(14)11-10/h7H,5-6H2,1-4H3,(H,11,14). The van der Waals surface area contributed by atoms with Crippen LogP contribution in [0.3, 0.4) is 0 Å². The Kier molecular flexibility index (Phi) is 2.83. The molecule has 0 bridgehead atoms. The average Bonchev–Trinajstić information content (AvgIpc) is 2.38. The van der Waals surface area contributed by atoms with E-state index in [0.717, 1.165) is 0 Å². The molecule has 1 fully saturated rings. The van der Waals surface area contributed by atoms with Crippen molar-refractivity contribution in [2.45, 2.75) is 52.1 Å². The highest BCUT2D eigenvalue weighted by atomic mass is 16.2. The molecule has 1 aliphatic rings. The third-order valence-electron chi connectivity index (χ3n) is 2.92. The van der Waals surface area contributed by atoms with E-state index in [1.807, 2.05) is 27.7 Å². The molecule has 0 aliphatic carbocycles. The molecule has 3 amide bonds. The van der Waals surface area contributed by atoms with E-state index in [9.17, 15) is 9.59 Å². The molecule has 0 aromatic rings. The van der Waals surface area contributed by atoms with Gasteiger partial charge in [-0.2, -0.15) is 0 Å². The first kappa shape index (κ1) is 11.0. The van der Waals surface area contributed by atoms with Crippen molar-refractivity contribution < 1.29 is 9.59 Å². The Morgan fingerprint density at radius 3 is 2.00 bits per heavy atom. The highest BCUT2D eigenvalue weighted by Gasteiger charge is 2.49. The molecule has 1 rings (SSSR count). The van der Waals surface area contributed by atoms with E-state index in [-0.39, 0.29) is 18.0 Å². The fraction of sp³-hybridized carbons (Fsp3) is 0.800. The summed E-state index contributed by atoms with van der Waals surface area (Å²) in [7, 11) is 0. The van der Waals surface area contributed by atoms with Gasteiger partial charge in [0, 0.05) is 6.04 Å². The van der Waals surface area contributed by atoms with E-state index in [4.69, 9.17) is 0 Å². The summed E-state index contributed by atoms with van der Waals surface area (Å²) in [6.07, 6.45) is 1.30. The molecule has 80 valence electrons. The van der Waals surface area contributed by atoms with Crippen LogP contribution >= 0.6 is 0 Å². The van der Waals surface area contributed by atoms with Gasteiger partial charge in [0.05, 0.1) is 0 Å². The van der Waals surface area contributed by atoms with Crippen LogP contribution in [0.5, 0.6) is 0 Å². The van der Waals surface area contributed by atoms with Crippen molar-refractivity contribution in [1.29, 1.82) is 0 Å². The summed E-state index contributed by atoms with van der Waals surface area (Å²) in [5, 5.41) is 2.79. The quantitative estimate of drug-likeness (QED) is 0.699. The normalized spacial score (nSPS) is 20.5. The Labute approximate surface area is 84.7 Å². The van der Waals surface area contributed by atoms with Crippen LogP contribution in [0.4, 0.5) is 4.79 Å². The Hall–Kier alpha value is -1.06. The predicted molar refractivity (Wildman–Crippen MR) is 53.8 cm³/mol. The summed E-state index contributed by atoms with van der Waals surface area (Å²) < 4.78 is 0. The van der Waals surface area contributed by atoms with Crippen LogP contribution in [0, 0.1) is 0 Å². The number of amides is 3. The maximum Gasteiger partial charge on any atom is 0.325 e. The number of hydrogen-bond donors (Lipinski definition) is 1. The average molecular weight is 198 g/mol. The summed E-state index contributed by atoms with van der Waals surface area (Å²) in [5.74, 6) is -0.0810. The first-order chi connectivity index (χ1) is 6.48. The molecular formula is C10H18N2O2. The number of nitrogens with zero attached hydrogens (tertiary/aromatic N) is 1. The number of hydrogen-bond acceptors (Lipinski definition) is 2. The fourth-order valence-electron chi connectivity index (χ4n) is 1.84. The van der Waals surface area contributed by atoms with Gasteiger partial charge in [-0.25, -0.2) is 4.79 Å². The van der Waals surface area contributed by atoms with E-state index in [1.54, 1.807) is 0 Å². The Bertz CT molecular complexity index is 257.